The van der Waals surface area contributed by atoms with Crippen molar-refractivity contribution in [1.82, 2.24) is 14.7 Å². The number of aromatic nitrogens is 2. The number of anilines is 1. The highest BCUT2D eigenvalue weighted by atomic mass is 16.1. The van der Waals surface area contributed by atoms with Crippen LogP contribution in [0.4, 0.5) is 5.69 Å². The lowest BCUT2D eigenvalue weighted by atomic mass is 10.1. The van der Waals surface area contributed by atoms with Crippen molar-refractivity contribution in [3.63, 3.8) is 0 Å². The van der Waals surface area contributed by atoms with E-state index in [0.717, 1.165) is 30.3 Å². The highest BCUT2D eigenvalue weighted by Crippen LogP contribution is 2.56. The molecule has 1 spiro atoms. The summed E-state index contributed by atoms with van der Waals surface area (Å²) in [7, 11) is 1.91. The fraction of sp³-hybridized carbons (Fsp3) is 0.529. The van der Waals surface area contributed by atoms with E-state index in [1.807, 2.05) is 19.3 Å². The Hall–Kier alpha value is -1.88. The quantitative estimate of drug-likeness (QED) is 0.640. The van der Waals surface area contributed by atoms with Crippen molar-refractivity contribution in [2.45, 2.75) is 30.8 Å². The van der Waals surface area contributed by atoms with Crippen LogP contribution in [0.3, 0.4) is 0 Å². The largest absolute Gasteiger partial charge is 0.369 e. The minimum absolute atomic E-state index is 0.631. The predicted octanol–water partition coefficient (Wildman–Crippen LogP) is 1.81. The monoisotopic (exact) mass is 296 g/mol. The van der Waals surface area contributed by atoms with Gasteiger partial charge in [0.1, 0.15) is 5.52 Å². The topological polar surface area (TPSA) is 41.1 Å². The maximum Gasteiger partial charge on any atom is 0.152 e. The highest BCUT2D eigenvalue weighted by molar-refractivity contribution is 6.01. The SMILES string of the molecule is Cn1cc2c(N3CCC(N4CC45CC5)C3)ccc(C=O)c2n1. The molecule has 3 fully saturated rings. The van der Waals surface area contributed by atoms with Gasteiger partial charge in [-0.3, -0.25) is 14.4 Å². The van der Waals surface area contributed by atoms with Crippen LogP contribution in [0.25, 0.3) is 10.9 Å². The summed E-state index contributed by atoms with van der Waals surface area (Å²) in [4.78, 5) is 16.4. The summed E-state index contributed by atoms with van der Waals surface area (Å²) in [5.41, 5.74) is 3.36. The summed E-state index contributed by atoms with van der Waals surface area (Å²) < 4.78 is 1.80. The van der Waals surface area contributed by atoms with Crippen molar-refractivity contribution in [1.29, 1.82) is 0 Å². The van der Waals surface area contributed by atoms with Gasteiger partial charge in [-0.15, -0.1) is 0 Å². The molecule has 0 N–H and O–H groups in total. The molecule has 1 aromatic carbocycles. The molecule has 2 saturated heterocycles. The van der Waals surface area contributed by atoms with Crippen molar-refractivity contribution in [2.75, 3.05) is 24.5 Å². The average molecular weight is 296 g/mol. The molecule has 1 aliphatic carbocycles. The zero-order chi connectivity index (χ0) is 14.9. The molecule has 5 nitrogen and oxygen atoms in total. The van der Waals surface area contributed by atoms with Crippen molar-refractivity contribution < 1.29 is 4.79 Å². The molecule has 5 heteroatoms. The number of aldehydes is 1. The van der Waals surface area contributed by atoms with Crippen LogP contribution >= 0.6 is 0 Å². The van der Waals surface area contributed by atoms with Crippen molar-refractivity contribution in [3.05, 3.63) is 23.9 Å². The molecule has 2 unspecified atom stereocenters. The minimum atomic E-state index is 0.631. The second-order valence-corrected chi connectivity index (χ2v) is 7.10. The van der Waals surface area contributed by atoms with E-state index in [9.17, 15) is 4.79 Å². The van der Waals surface area contributed by atoms with Gasteiger partial charge < -0.3 is 4.90 Å². The maximum atomic E-state index is 11.2. The molecule has 2 atom stereocenters. The molecule has 22 heavy (non-hydrogen) atoms. The Labute approximate surface area is 129 Å². The smallest absolute Gasteiger partial charge is 0.152 e. The molecule has 1 aromatic heterocycles. The first-order valence-electron chi connectivity index (χ1n) is 8.13. The lowest BCUT2D eigenvalue weighted by Gasteiger charge is -2.20. The second kappa shape index (κ2) is 4.10. The Kier molecular flexibility index (Phi) is 2.36. The molecular formula is C17H20N4O. The molecule has 1 saturated carbocycles. The van der Waals surface area contributed by atoms with Gasteiger partial charge in [0, 0.05) is 61.1 Å². The van der Waals surface area contributed by atoms with E-state index in [2.05, 4.69) is 21.0 Å². The van der Waals surface area contributed by atoms with E-state index in [-0.39, 0.29) is 0 Å². The van der Waals surface area contributed by atoms with E-state index >= 15 is 0 Å². The number of aryl methyl sites for hydroxylation is 1. The summed E-state index contributed by atoms with van der Waals surface area (Å²) in [5.74, 6) is 0. The van der Waals surface area contributed by atoms with E-state index < -0.39 is 0 Å². The number of carbonyl (C=O) groups excluding carboxylic acids is 1. The Balaban J connectivity index is 1.48. The number of hydrogen-bond acceptors (Lipinski definition) is 4. The standard InChI is InChI=1S/C17H20N4O/c1-19-9-14-15(3-2-12(10-22)16(14)18-19)20-7-4-13(8-20)21-11-17(21)5-6-17/h2-3,9-10,13H,4-8,11H2,1H3. The number of carbonyl (C=O) groups is 1. The first-order valence-corrected chi connectivity index (χ1v) is 8.13. The van der Waals surface area contributed by atoms with Gasteiger partial charge in [0.05, 0.1) is 0 Å². The Morgan fingerprint density at radius 3 is 2.95 bits per heavy atom. The molecular weight excluding hydrogens is 276 g/mol. The van der Waals surface area contributed by atoms with Crippen LogP contribution < -0.4 is 4.90 Å². The zero-order valence-electron chi connectivity index (χ0n) is 12.8. The molecule has 0 amide bonds. The number of fused-ring (bicyclic) bond motifs is 1. The van der Waals surface area contributed by atoms with E-state index in [4.69, 9.17) is 0 Å². The fourth-order valence-corrected chi connectivity index (χ4v) is 4.20. The molecule has 114 valence electrons. The second-order valence-electron chi connectivity index (χ2n) is 7.10. The van der Waals surface area contributed by atoms with Crippen LogP contribution in [0.2, 0.25) is 0 Å². The van der Waals surface area contributed by atoms with E-state index in [1.165, 1.54) is 31.5 Å². The average Bonchev–Trinajstić information content (AvgIpc) is 3.33. The van der Waals surface area contributed by atoms with Gasteiger partial charge in [-0.25, -0.2) is 0 Å². The van der Waals surface area contributed by atoms with Crippen molar-refractivity contribution in [2.24, 2.45) is 7.05 Å². The molecule has 5 rings (SSSR count). The predicted molar refractivity (Wildman–Crippen MR) is 85.4 cm³/mol. The third-order valence-electron chi connectivity index (χ3n) is 5.67. The molecule has 3 heterocycles. The van der Waals surface area contributed by atoms with E-state index in [0.29, 0.717) is 17.1 Å². The number of nitrogens with zero attached hydrogens (tertiary/aromatic N) is 4. The summed E-state index contributed by atoms with van der Waals surface area (Å²) in [6.45, 7) is 3.52. The lowest BCUT2D eigenvalue weighted by Crippen LogP contribution is -2.27. The van der Waals surface area contributed by atoms with Gasteiger partial charge >= 0.3 is 0 Å². The molecule has 0 radical (unpaired) electrons. The Bertz CT molecular complexity index is 776. The highest BCUT2D eigenvalue weighted by Gasteiger charge is 2.63. The minimum Gasteiger partial charge on any atom is -0.369 e. The van der Waals surface area contributed by atoms with Crippen LogP contribution in [-0.4, -0.2) is 52.2 Å². The van der Waals surface area contributed by atoms with E-state index in [1.54, 1.807) is 4.68 Å². The third-order valence-corrected chi connectivity index (χ3v) is 5.67. The summed E-state index contributed by atoms with van der Waals surface area (Å²) in [5, 5.41) is 5.56. The number of benzene rings is 1. The molecule has 2 aromatic rings. The van der Waals surface area contributed by atoms with Gasteiger partial charge in [-0.05, 0) is 31.4 Å². The van der Waals surface area contributed by atoms with Crippen LogP contribution in [-0.2, 0) is 7.05 Å². The summed E-state index contributed by atoms with van der Waals surface area (Å²) >= 11 is 0. The normalized spacial score (nSPS) is 28.5. The van der Waals surface area contributed by atoms with Gasteiger partial charge in [0.2, 0.25) is 0 Å². The number of rotatable bonds is 3. The van der Waals surface area contributed by atoms with Gasteiger partial charge in [-0.2, -0.15) is 5.10 Å². The summed E-state index contributed by atoms with van der Waals surface area (Å²) in [6, 6.07) is 4.70. The third kappa shape index (κ3) is 1.69. The van der Waals surface area contributed by atoms with Crippen LogP contribution in [0.15, 0.2) is 18.3 Å². The molecule has 0 bridgehead atoms. The number of hydrogen-bond donors (Lipinski definition) is 0. The van der Waals surface area contributed by atoms with Crippen LogP contribution in [0.5, 0.6) is 0 Å². The first kappa shape index (κ1) is 12.6. The zero-order valence-corrected chi connectivity index (χ0v) is 12.8. The molecule has 3 aliphatic rings. The summed E-state index contributed by atoms with van der Waals surface area (Å²) in [6.07, 6.45) is 7.00. The maximum absolute atomic E-state index is 11.2. The van der Waals surface area contributed by atoms with Gasteiger partial charge in [0.15, 0.2) is 6.29 Å². The van der Waals surface area contributed by atoms with Crippen LogP contribution in [0, 0.1) is 0 Å². The Morgan fingerprint density at radius 2 is 2.23 bits per heavy atom. The first-order chi connectivity index (χ1) is 10.7. The van der Waals surface area contributed by atoms with Crippen molar-refractivity contribution in [3.8, 4) is 0 Å². The van der Waals surface area contributed by atoms with Gasteiger partial charge in [0.25, 0.3) is 0 Å². The molecule has 2 aliphatic heterocycles. The van der Waals surface area contributed by atoms with Gasteiger partial charge in [-0.1, -0.05) is 0 Å². The van der Waals surface area contributed by atoms with Crippen LogP contribution in [0.1, 0.15) is 29.6 Å². The Morgan fingerprint density at radius 1 is 1.36 bits per heavy atom. The lowest BCUT2D eigenvalue weighted by molar-refractivity contribution is 0.112. The van der Waals surface area contributed by atoms with Crippen molar-refractivity contribution >= 4 is 22.9 Å². The fourth-order valence-electron chi connectivity index (χ4n) is 4.20.